The van der Waals surface area contributed by atoms with Crippen molar-refractivity contribution in [3.63, 3.8) is 0 Å². The number of rotatable bonds is 10. The number of hydrogen-bond acceptors (Lipinski definition) is 6. The number of nitro groups is 1. The molecule has 0 aromatic heterocycles. The number of amides is 1. The van der Waals surface area contributed by atoms with E-state index in [4.69, 9.17) is 4.74 Å². The standard InChI is InChI=1S/C19H27N3O5/c1-2-3-4-5-10-20-18(23)14-27-19(24)15-8-9-16(17(13-15)22(25)26)21-11-6-7-12-21/h8-9,13H,2-7,10-12,14H2,1H3,(H,20,23). The molecular weight excluding hydrogens is 350 g/mol. The number of nitrogens with zero attached hydrogens (tertiary/aromatic N) is 2. The number of carbonyl (C=O) groups excluding carboxylic acids is 2. The highest BCUT2D eigenvalue weighted by molar-refractivity contribution is 5.93. The highest BCUT2D eigenvalue weighted by Crippen LogP contribution is 2.31. The van der Waals surface area contributed by atoms with Crippen LogP contribution < -0.4 is 10.2 Å². The first-order valence-electron chi connectivity index (χ1n) is 9.50. The number of carbonyl (C=O) groups is 2. The van der Waals surface area contributed by atoms with Crippen molar-refractivity contribution in [2.75, 3.05) is 31.1 Å². The third kappa shape index (κ3) is 6.23. The summed E-state index contributed by atoms with van der Waals surface area (Å²) >= 11 is 0. The smallest absolute Gasteiger partial charge is 0.338 e. The van der Waals surface area contributed by atoms with Crippen molar-refractivity contribution >= 4 is 23.3 Å². The lowest BCUT2D eigenvalue weighted by atomic mass is 10.1. The van der Waals surface area contributed by atoms with Gasteiger partial charge in [-0.2, -0.15) is 0 Å². The van der Waals surface area contributed by atoms with Gasteiger partial charge in [0.2, 0.25) is 0 Å². The molecule has 0 radical (unpaired) electrons. The number of nitro benzene ring substituents is 1. The Kier molecular flexibility index (Phi) is 8.03. The predicted molar refractivity (Wildman–Crippen MR) is 102 cm³/mol. The maximum Gasteiger partial charge on any atom is 0.338 e. The summed E-state index contributed by atoms with van der Waals surface area (Å²) in [5.74, 6) is -1.12. The van der Waals surface area contributed by atoms with E-state index >= 15 is 0 Å². The van der Waals surface area contributed by atoms with Gasteiger partial charge in [-0.15, -0.1) is 0 Å². The fraction of sp³-hybridized carbons (Fsp3) is 0.579. The lowest BCUT2D eigenvalue weighted by Crippen LogP contribution is -2.29. The minimum absolute atomic E-state index is 0.0698. The number of ether oxygens (including phenoxy) is 1. The van der Waals surface area contributed by atoms with Crippen molar-refractivity contribution < 1.29 is 19.2 Å². The quantitative estimate of drug-likeness (QED) is 0.291. The van der Waals surface area contributed by atoms with Crippen molar-refractivity contribution in [2.24, 2.45) is 0 Å². The first-order chi connectivity index (χ1) is 13.0. The van der Waals surface area contributed by atoms with Crippen molar-refractivity contribution in [3.8, 4) is 0 Å². The Bertz CT molecular complexity index is 671. The van der Waals surface area contributed by atoms with Crippen LogP contribution in [0.3, 0.4) is 0 Å². The Balaban J connectivity index is 1.89. The van der Waals surface area contributed by atoms with Crippen LogP contribution in [0.25, 0.3) is 0 Å². The molecule has 8 heteroatoms. The van der Waals surface area contributed by atoms with Crippen LogP contribution >= 0.6 is 0 Å². The van der Waals surface area contributed by atoms with Crippen molar-refractivity contribution in [1.82, 2.24) is 5.32 Å². The van der Waals surface area contributed by atoms with Crippen LogP contribution in [0.4, 0.5) is 11.4 Å². The van der Waals surface area contributed by atoms with E-state index in [0.717, 1.165) is 51.6 Å². The van der Waals surface area contributed by atoms with Crippen LogP contribution in [0.1, 0.15) is 55.8 Å². The number of benzene rings is 1. The minimum Gasteiger partial charge on any atom is -0.452 e. The lowest BCUT2D eigenvalue weighted by Gasteiger charge is -2.17. The Morgan fingerprint density at radius 1 is 1.22 bits per heavy atom. The van der Waals surface area contributed by atoms with Crippen molar-refractivity contribution in [3.05, 3.63) is 33.9 Å². The molecule has 0 bridgehead atoms. The fourth-order valence-corrected chi connectivity index (χ4v) is 3.07. The molecule has 1 aromatic rings. The summed E-state index contributed by atoms with van der Waals surface area (Å²) in [6.45, 7) is 3.80. The summed E-state index contributed by atoms with van der Waals surface area (Å²) in [6.07, 6.45) is 6.16. The Morgan fingerprint density at radius 2 is 1.96 bits per heavy atom. The predicted octanol–water partition coefficient (Wildman–Crippen LogP) is 3.05. The SMILES string of the molecule is CCCCCCNC(=O)COC(=O)c1ccc(N2CCCC2)c([N+](=O)[O-])c1. The highest BCUT2D eigenvalue weighted by Gasteiger charge is 2.24. The zero-order valence-electron chi connectivity index (χ0n) is 15.7. The number of esters is 1. The van der Waals surface area contributed by atoms with Crippen molar-refractivity contribution in [2.45, 2.75) is 45.4 Å². The molecular formula is C19H27N3O5. The second kappa shape index (κ2) is 10.5. The van der Waals surface area contributed by atoms with E-state index in [1.165, 1.54) is 12.1 Å². The first kappa shape index (κ1) is 20.7. The van der Waals surface area contributed by atoms with Crippen LogP contribution in [-0.2, 0) is 9.53 Å². The van der Waals surface area contributed by atoms with Gasteiger partial charge in [0.05, 0.1) is 10.5 Å². The average Bonchev–Trinajstić information content (AvgIpc) is 3.20. The monoisotopic (exact) mass is 377 g/mol. The van der Waals surface area contributed by atoms with E-state index < -0.39 is 17.5 Å². The summed E-state index contributed by atoms with van der Waals surface area (Å²) < 4.78 is 4.98. The summed E-state index contributed by atoms with van der Waals surface area (Å²) in [5, 5.41) is 14.1. The lowest BCUT2D eigenvalue weighted by molar-refractivity contribution is -0.384. The maximum atomic E-state index is 12.1. The van der Waals surface area contributed by atoms with Gasteiger partial charge >= 0.3 is 5.97 Å². The van der Waals surface area contributed by atoms with Gasteiger partial charge in [-0.25, -0.2) is 4.79 Å². The van der Waals surface area contributed by atoms with Gasteiger partial charge in [-0.3, -0.25) is 14.9 Å². The van der Waals surface area contributed by atoms with E-state index in [-0.39, 0.29) is 17.2 Å². The largest absolute Gasteiger partial charge is 0.452 e. The van der Waals surface area contributed by atoms with E-state index in [1.54, 1.807) is 6.07 Å². The molecule has 0 atom stereocenters. The first-order valence-corrected chi connectivity index (χ1v) is 9.50. The minimum atomic E-state index is -0.743. The van der Waals surface area contributed by atoms with Gasteiger partial charge in [-0.1, -0.05) is 26.2 Å². The number of hydrogen-bond donors (Lipinski definition) is 1. The molecule has 27 heavy (non-hydrogen) atoms. The van der Waals surface area contributed by atoms with Crippen LogP contribution in [-0.4, -0.2) is 43.0 Å². The molecule has 1 aliphatic rings. The second-order valence-corrected chi connectivity index (χ2v) is 6.64. The van der Waals surface area contributed by atoms with Gasteiger partial charge in [0.1, 0.15) is 5.69 Å². The van der Waals surface area contributed by atoms with Crippen LogP contribution in [0.15, 0.2) is 18.2 Å². The molecule has 1 aliphatic heterocycles. The molecule has 1 N–H and O–H groups in total. The summed E-state index contributed by atoms with van der Waals surface area (Å²) in [7, 11) is 0. The third-order valence-corrected chi connectivity index (χ3v) is 4.54. The third-order valence-electron chi connectivity index (χ3n) is 4.54. The molecule has 1 fully saturated rings. The number of anilines is 1. The highest BCUT2D eigenvalue weighted by atomic mass is 16.6. The molecule has 0 unspecified atom stereocenters. The Morgan fingerprint density at radius 3 is 2.63 bits per heavy atom. The van der Waals surface area contributed by atoms with Crippen LogP contribution in [0, 0.1) is 10.1 Å². The Labute approximate surface area is 159 Å². The van der Waals surface area contributed by atoms with E-state index in [9.17, 15) is 19.7 Å². The average molecular weight is 377 g/mol. The molecule has 148 valence electrons. The summed E-state index contributed by atoms with van der Waals surface area (Å²) in [5.41, 5.74) is 0.464. The molecule has 1 heterocycles. The molecule has 1 saturated heterocycles. The zero-order chi connectivity index (χ0) is 19.6. The van der Waals surface area contributed by atoms with Gasteiger partial charge in [0.15, 0.2) is 6.61 Å². The molecule has 1 amide bonds. The number of nitrogens with one attached hydrogen (secondary N) is 1. The maximum absolute atomic E-state index is 12.1. The van der Waals surface area contributed by atoms with Crippen LogP contribution in [0.5, 0.6) is 0 Å². The van der Waals surface area contributed by atoms with Gasteiger partial charge < -0.3 is 15.0 Å². The van der Waals surface area contributed by atoms with Crippen molar-refractivity contribution in [1.29, 1.82) is 0 Å². The summed E-state index contributed by atoms with van der Waals surface area (Å²) in [6, 6.07) is 4.30. The number of unbranched alkanes of at least 4 members (excludes halogenated alkanes) is 3. The molecule has 0 saturated carbocycles. The van der Waals surface area contributed by atoms with E-state index in [2.05, 4.69) is 12.2 Å². The normalized spacial score (nSPS) is 13.4. The topological polar surface area (TPSA) is 102 Å². The molecule has 0 aliphatic carbocycles. The van der Waals surface area contributed by atoms with Gasteiger partial charge in [-0.05, 0) is 31.4 Å². The van der Waals surface area contributed by atoms with E-state index in [1.807, 2.05) is 4.90 Å². The fourth-order valence-electron chi connectivity index (χ4n) is 3.07. The molecule has 8 nitrogen and oxygen atoms in total. The molecule has 2 rings (SSSR count). The second-order valence-electron chi connectivity index (χ2n) is 6.64. The van der Waals surface area contributed by atoms with Gasteiger partial charge in [0, 0.05) is 25.7 Å². The zero-order valence-corrected chi connectivity index (χ0v) is 15.7. The summed E-state index contributed by atoms with van der Waals surface area (Å²) in [4.78, 5) is 36.7. The van der Waals surface area contributed by atoms with Gasteiger partial charge in [0.25, 0.3) is 11.6 Å². The Hall–Kier alpha value is -2.64. The van der Waals surface area contributed by atoms with Crippen LogP contribution in [0.2, 0.25) is 0 Å². The molecule has 1 aromatic carbocycles. The van der Waals surface area contributed by atoms with E-state index in [0.29, 0.717) is 12.2 Å². The molecule has 0 spiro atoms.